The molecule has 0 unspecified atom stereocenters. The number of allylic oxidation sites excluding steroid dienone is 2. The third kappa shape index (κ3) is 4.58. The second-order valence-electron chi connectivity index (χ2n) is 11.0. The minimum absolute atomic E-state index is 0.877. The Morgan fingerprint density at radius 3 is 1.71 bits per heavy atom. The quantitative estimate of drug-likeness (QED) is 0.151. The standard InChI is InChI=1S/C41H33N/c1-3-4-5-13-32-26-25-31(27-42-32)29-21-23-30(24-22-29)40-36-14-6-8-16-38(36)41(39-17-9-7-15-37(39)40)35-20-11-18-33-28(2)12-10-19-34(33)35/h4-12,14-27H,3,13H2,1-2H3/b5-4+. The number of hydrogen-bond acceptors (Lipinski definition) is 1. The molecule has 0 aliphatic carbocycles. The van der Waals surface area contributed by atoms with E-state index < -0.39 is 0 Å². The van der Waals surface area contributed by atoms with Crippen molar-refractivity contribution in [2.75, 3.05) is 0 Å². The van der Waals surface area contributed by atoms with Gasteiger partial charge in [-0.3, -0.25) is 4.98 Å². The zero-order valence-electron chi connectivity index (χ0n) is 24.1. The molecule has 0 spiro atoms. The molecule has 0 N–H and O–H groups in total. The smallest absolute Gasteiger partial charge is 0.0441 e. The zero-order valence-corrected chi connectivity index (χ0v) is 24.1. The third-order valence-electron chi connectivity index (χ3n) is 8.40. The van der Waals surface area contributed by atoms with Gasteiger partial charge >= 0.3 is 0 Å². The molecular formula is C41H33N. The van der Waals surface area contributed by atoms with E-state index in [9.17, 15) is 0 Å². The van der Waals surface area contributed by atoms with Gasteiger partial charge in [0.2, 0.25) is 0 Å². The number of fused-ring (bicyclic) bond motifs is 3. The molecule has 0 bridgehead atoms. The summed E-state index contributed by atoms with van der Waals surface area (Å²) in [5.74, 6) is 0. The van der Waals surface area contributed by atoms with E-state index >= 15 is 0 Å². The average Bonchev–Trinajstić information content (AvgIpc) is 3.04. The maximum Gasteiger partial charge on any atom is 0.0441 e. The van der Waals surface area contributed by atoms with E-state index in [-0.39, 0.29) is 0 Å². The summed E-state index contributed by atoms with van der Waals surface area (Å²) in [6.07, 6.45) is 8.31. The highest BCUT2D eigenvalue weighted by Gasteiger charge is 2.18. The fourth-order valence-electron chi connectivity index (χ4n) is 6.33. The molecule has 0 saturated heterocycles. The van der Waals surface area contributed by atoms with Crippen LogP contribution in [0.5, 0.6) is 0 Å². The Bertz CT molecular complexity index is 2020. The van der Waals surface area contributed by atoms with Crippen LogP contribution in [0, 0.1) is 6.92 Å². The van der Waals surface area contributed by atoms with E-state index in [0.29, 0.717) is 0 Å². The second-order valence-corrected chi connectivity index (χ2v) is 11.0. The van der Waals surface area contributed by atoms with E-state index in [2.05, 4.69) is 147 Å². The predicted molar refractivity (Wildman–Crippen MR) is 181 cm³/mol. The molecule has 7 aromatic rings. The van der Waals surface area contributed by atoms with Gasteiger partial charge in [-0.2, -0.15) is 0 Å². The van der Waals surface area contributed by atoms with Crippen molar-refractivity contribution in [3.63, 3.8) is 0 Å². The zero-order chi connectivity index (χ0) is 28.5. The molecule has 0 aliphatic rings. The van der Waals surface area contributed by atoms with Crippen LogP contribution in [0.25, 0.3) is 65.7 Å². The van der Waals surface area contributed by atoms with Crippen LogP contribution >= 0.6 is 0 Å². The summed E-state index contributed by atoms with van der Waals surface area (Å²) in [4.78, 5) is 4.70. The van der Waals surface area contributed by atoms with Crippen molar-refractivity contribution in [2.24, 2.45) is 0 Å². The maximum absolute atomic E-state index is 4.70. The lowest BCUT2D eigenvalue weighted by molar-refractivity contribution is 1.09. The van der Waals surface area contributed by atoms with E-state index in [4.69, 9.17) is 4.98 Å². The molecule has 0 radical (unpaired) electrons. The highest BCUT2D eigenvalue weighted by molar-refractivity contribution is 6.23. The summed E-state index contributed by atoms with van der Waals surface area (Å²) in [5, 5.41) is 7.71. The number of benzene rings is 6. The third-order valence-corrected chi connectivity index (χ3v) is 8.40. The van der Waals surface area contributed by atoms with Gasteiger partial charge in [0, 0.05) is 23.9 Å². The van der Waals surface area contributed by atoms with E-state index in [1.807, 2.05) is 6.20 Å². The van der Waals surface area contributed by atoms with Crippen molar-refractivity contribution in [3.8, 4) is 33.4 Å². The lowest BCUT2D eigenvalue weighted by Crippen LogP contribution is -1.92. The molecule has 1 aromatic heterocycles. The van der Waals surface area contributed by atoms with Gasteiger partial charge in [-0.05, 0) is 85.1 Å². The van der Waals surface area contributed by atoms with Crippen molar-refractivity contribution in [1.29, 1.82) is 0 Å². The first-order valence-corrected chi connectivity index (χ1v) is 14.9. The topological polar surface area (TPSA) is 12.9 Å². The first kappa shape index (κ1) is 25.9. The molecule has 7 rings (SSSR count). The Morgan fingerprint density at radius 1 is 0.500 bits per heavy atom. The number of aromatic nitrogens is 1. The molecule has 42 heavy (non-hydrogen) atoms. The van der Waals surface area contributed by atoms with Crippen LogP contribution in [-0.2, 0) is 6.42 Å². The molecule has 1 heterocycles. The minimum atomic E-state index is 0.877. The van der Waals surface area contributed by atoms with Gasteiger partial charge in [0.15, 0.2) is 0 Å². The Balaban J connectivity index is 1.39. The lowest BCUT2D eigenvalue weighted by atomic mass is 9.84. The van der Waals surface area contributed by atoms with Gasteiger partial charge in [0.05, 0.1) is 0 Å². The monoisotopic (exact) mass is 539 g/mol. The summed E-state index contributed by atoms with van der Waals surface area (Å²) in [5.41, 5.74) is 9.81. The van der Waals surface area contributed by atoms with Gasteiger partial charge < -0.3 is 0 Å². The molecule has 1 heteroatoms. The van der Waals surface area contributed by atoms with Crippen molar-refractivity contribution in [3.05, 3.63) is 151 Å². The summed E-state index contributed by atoms with van der Waals surface area (Å²) in [6.45, 7) is 4.35. The number of rotatable bonds is 6. The van der Waals surface area contributed by atoms with Crippen molar-refractivity contribution < 1.29 is 0 Å². The largest absolute Gasteiger partial charge is 0.260 e. The predicted octanol–water partition coefficient (Wildman–Crippen LogP) is 11.4. The highest BCUT2D eigenvalue weighted by Crippen LogP contribution is 2.45. The molecule has 0 atom stereocenters. The van der Waals surface area contributed by atoms with E-state index in [1.165, 1.54) is 65.7 Å². The lowest BCUT2D eigenvalue weighted by Gasteiger charge is -2.19. The summed E-state index contributed by atoms with van der Waals surface area (Å²) >= 11 is 0. The Morgan fingerprint density at radius 2 is 1.07 bits per heavy atom. The van der Waals surface area contributed by atoms with Gasteiger partial charge in [-0.15, -0.1) is 0 Å². The van der Waals surface area contributed by atoms with Gasteiger partial charge in [-0.1, -0.05) is 134 Å². The first-order chi connectivity index (χ1) is 20.7. The average molecular weight is 540 g/mol. The molecule has 202 valence electrons. The molecule has 0 saturated carbocycles. The van der Waals surface area contributed by atoms with Crippen LogP contribution in [0.15, 0.2) is 140 Å². The van der Waals surface area contributed by atoms with Crippen LogP contribution in [0.1, 0.15) is 24.6 Å². The Kier molecular flexibility index (Phi) is 6.85. The molecule has 0 aliphatic heterocycles. The van der Waals surface area contributed by atoms with Gasteiger partial charge in [0.1, 0.15) is 0 Å². The van der Waals surface area contributed by atoms with Gasteiger partial charge in [0.25, 0.3) is 0 Å². The number of pyridine rings is 1. The van der Waals surface area contributed by atoms with E-state index in [0.717, 1.165) is 24.1 Å². The van der Waals surface area contributed by atoms with Crippen molar-refractivity contribution >= 4 is 32.3 Å². The normalized spacial score (nSPS) is 11.7. The van der Waals surface area contributed by atoms with Crippen LogP contribution in [0.3, 0.4) is 0 Å². The molecule has 0 fully saturated rings. The van der Waals surface area contributed by atoms with Crippen LogP contribution in [0.4, 0.5) is 0 Å². The van der Waals surface area contributed by atoms with Crippen LogP contribution in [-0.4, -0.2) is 4.98 Å². The van der Waals surface area contributed by atoms with Crippen molar-refractivity contribution in [2.45, 2.75) is 26.7 Å². The second kappa shape index (κ2) is 11.1. The fraction of sp³-hybridized carbons (Fsp3) is 0.0976. The molecular weight excluding hydrogens is 506 g/mol. The van der Waals surface area contributed by atoms with Crippen LogP contribution < -0.4 is 0 Å². The number of aryl methyl sites for hydroxylation is 1. The highest BCUT2D eigenvalue weighted by atomic mass is 14.7. The fourth-order valence-corrected chi connectivity index (χ4v) is 6.33. The minimum Gasteiger partial charge on any atom is -0.260 e. The van der Waals surface area contributed by atoms with E-state index in [1.54, 1.807) is 0 Å². The Hall–Kier alpha value is -5.01. The number of hydrogen-bond donors (Lipinski definition) is 0. The molecule has 0 amide bonds. The number of nitrogens with zero attached hydrogens (tertiary/aromatic N) is 1. The Labute approximate surface area is 247 Å². The summed E-state index contributed by atoms with van der Waals surface area (Å²) in [6, 6.07) is 44.4. The maximum atomic E-state index is 4.70. The first-order valence-electron chi connectivity index (χ1n) is 14.9. The summed E-state index contributed by atoms with van der Waals surface area (Å²) in [7, 11) is 0. The molecule has 1 nitrogen and oxygen atoms in total. The van der Waals surface area contributed by atoms with Gasteiger partial charge in [-0.25, -0.2) is 0 Å². The SMILES string of the molecule is CC/C=C/Cc1ccc(-c2ccc(-c3c4ccccc4c(-c4cccc5c(C)cccc45)c4ccccc34)cc2)cn1. The van der Waals surface area contributed by atoms with Crippen molar-refractivity contribution in [1.82, 2.24) is 4.98 Å². The molecule has 6 aromatic carbocycles. The summed E-state index contributed by atoms with van der Waals surface area (Å²) < 4.78 is 0. The van der Waals surface area contributed by atoms with Crippen LogP contribution in [0.2, 0.25) is 0 Å².